The van der Waals surface area contributed by atoms with E-state index in [1.165, 1.54) is 0 Å². The number of nitrogens with two attached hydrogens (primary N) is 1. The van der Waals surface area contributed by atoms with Crippen molar-refractivity contribution >= 4 is 15.9 Å². The first-order valence-corrected chi connectivity index (χ1v) is 9.94. The van der Waals surface area contributed by atoms with Crippen LogP contribution in [0.1, 0.15) is 32.3 Å². The van der Waals surface area contributed by atoms with Crippen molar-refractivity contribution in [3.63, 3.8) is 0 Å². The van der Waals surface area contributed by atoms with Gasteiger partial charge in [0.05, 0.1) is 17.9 Å². The van der Waals surface area contributed by atoms with Crippen LogP contribution in [0.25, 0.3) is 0 Å². The first-order valence-electron chi connectivity index (χ1n) is 7.98. The molecule has 0 bridgehead atoms. The largest absolute Gasteiger partial charge is 0.497 e. The predicted molar refractivity (Wildman–Crippen MR) is 95.5 cm³/mol. The number of sulfone groups is 1. The molecule has 1 saturated carbocycles. The third-order valence-corrected chi connectivity index (χ3v) is 5.88. The van der Waals surface area contributed by atoms with Crippen molar-refractivity contribution in [3.8, 4) is 5.75 Å². The van der Waals surface area contributed by atoms with Crippen LogP contribution in [0.4, 0.5) is 4.79 Å². The third-order valence-electron chi connectivity index (χ3n) is 4.26. The molecule has 0 spiro atoms. The molecule has 0 heterocycles. The normalized spacial score (nSPS) is 26.0. The lowest BCUT2D eigenvalue weighted by molar-refractivity contribution is 0.0497. The fourth-order valence-corrected chi connectivity index (χ4v) is 5.14. The summed E-state index contributed by atoms with van der Waals surface area (Å²) >= 11 is 0. The summed E-state index contributed by atoms with van der Waals surface area (Å²) in [6, 6.07) is 7.08. The number of nitrogens with one attached hydrogen (secondary N) is 1. The molecule has 1 amide bonds. The second-order valence-electron chi connectivity index (χ2n) is 7.37. The molecule has 0 radical (unpaired) electrons. The fraction of sp³-hybridized carbons (Fsp3) is 0.588. The summed E-state index contributed by atoms with van der Waals surface area (Å²) in [5, 5.41) is 1.91. The molecule has 2 rings (SSSR count). The van der Waals surface area contributed by atoms with E-state index in [1.807, 2.05) is 0 Å². The molecule has 0 unspecified atom stereocenters. The van der Waals surface area contributed by atoms with Gasteiger partial charge >= 0.3 is 6.09 Å². The molecule has 1 aliphatic rings. The lowest BCUT2D eigenvalue weighted by atomic mass is 10.1. The molecule has 140 valence electrons. The second kappa shape index (κ2) is 6.49. The van der Waals surface area contributed by atoms with Crippen LogP contribution in [0, 0.1) is 0 Å². The zero-order valence-electron chi connectivity index (χ0n) is 15.2. The minimum absolute atomic E-state index is 0.0132. The monoisotopic (exact) mass is 370 g/mol. The smallest absolute Gasteiger partial charge is 0.408 e. The van der Waals surface area contributed by atoms with Crippen LogP contribution in [-0.2, 0) is 14.6 Å². The summed E-state index contributed by atoms with van der Waals surface area (Å²) in [5.41, 5.74) is 4.90. The van der Waals surface area contributed by atoms with E-state index < -0.39 is 38.2 Å². The Kier molecular flexibility index (Phi) is 5.07. The highest BCUT2D eigenvalue weighted by Gasteiger charge is 2.70. The van der Waals surface area contributed by atoms with Crippen LogP contribution < -0.4 is 15.8 Å². The third kappa shape index (κ3) is 4.07. The van der Waals surface area contributed by atoms with Crippen molar-refractivity contribution in [1.82, 2.24) is 5.32 Å². The number of alkyl carbamates (subject to hydrolysis) is 1. The van der Waals surface area contributed by atoms with Crippen LogP contribution >= 0.6 is 0 Å². The first kappa shape index (κ1) is 19.5. The van der Waals surface area contributed by atoms with Gasteiger partial charge in [0.2, 0.25) is 0 Å². The van der Waals surface area contributed by atoms with Gasteiger partial charge in [-0.05, 0) is 38.5 Å². The van der Waals surface area contributed by atoms with Crippen LogP contribution in [-0.4, -0.2) is 50.8 Å². The lowest BCUT2D eigenvalue weighted by Gasteiger charge is -2.24. The molecule has 3 N–H and O–H groups in total. The van der Waals surface area contributed by atoms with E-state index >= 15 is 0 Å². The van der Waals surface area contributed by atoms with Gasteiger partial charge in [-0.1, -0.05) is 12.1 Å². The number of rotatable bonds is 5. The minimum Gasteiger partial charge on any atom is -0.497 e. The van der Waals surface area contributed by atoms with Crippen molar-refractivity contribution in [2.24, 2.45) is 5.73 Å². The maximum Gasteiger partial charge on any atom is 0.408 e. The van der Waals surface area contributed by atoms with Crippen molar-refractivity contribution in [2.75, 3.05) is 19.9 Å². The quantitative estimate of drug-likeness (QED) is 0.812. The Morgan fingerprint density at radius 3 is 2.24 bits per heavy atom. The van der Waals surface area contributed by atoms with Gasteiger partial charge in [0, 0.05) is 18.7 Å². The lowest BCUT2D eigenvalue weighted by Crippen LogP contribution is -2.48. The van der Waals surface area contributed by atoms with E-state index in [-0.39, 0.29) is 6.54 Å². The molecule has 7 nitrogen and oxygen atoms in total. The van der Waals surface area contributed by atoms with Gasteiger partial charge in [0.15, 0.2) is 9.84 Å². The zero-order valence-corrected chi connectivity index (χ0v) is 16.0. The summed E-state index contributed by atoms with van der Waals surface area (Å²) in [6.07, 6.45) is 0.477. The molecule has 1 aliphatic carbocycles. The number of carbonyl (C=O) groups is 1. The molecule has 25 heavy (non-hydrogen) atoms. The standard InChI is InChI=1S/C17H26N2O5S/c1-16(2,3)24-15(20)19-17(10-18)13(14(17)25(5,21)22)11-6-8-12(23-4)9-7-11/h6-9,13-14H,10,18H2,1-5H3,(H,19,20)/t13-,14+,17+/m1/s1. The first-order chi connectivity index (χ1) is 11.4. The van der Waals surface area contributed by atoms with E-state index in [0.717, 1.165) is 11.8 Å². The molecule has 1 fully saturated rings. The Bertz CT molecular complexity index is 739. The van der Waals surface area contributed by atoms with Crippen LogP contribution in [0.15, 0.2) is 24.3 Å². The van der Waals surface area contributed by atoms with Gasteiger partial charge in [0.25, 0.3) is 0 Å². The molecule has 1 aromatic carbocycles. The summed E-state index contributed by atoms with van der Waals surface area (Å²) in [6.45, 7) is 5.21. The maximum absolute atomic E-state index is 12.3. The Labute approximate surface area is 148 Å². The summed E-state index contributed by atoms with van der Waals surface area (Å²) < 4.78 is 34.9. The molecule has 8 heteroatoms. The van der Waals surface area contributed by atoms with E-state index in [4.69, 9.17) is 15.2 Å². The Morgan fingerprint density at radius 2 is 1.84 bits per heavy atom. The molecule has 0 aromatic heterocycles. The van der Waals surface area contributed by atoms with Gasteiger partial charge in [-0.15, -0.1) is 0 Å². The summed E-state index contributed by atoms with van der Waals surface area (Å²) in [5.74, 6) is 0.227. The Morgan fingerprint density at radius 1 is 1.28 bits per heavy atom. The fourth-order valence-electron chi connectivity index (χ4n) is 3.25. The van der Waals surface area contributed by atoms with Gasteiger partial charge in [-0.25, -0.2) is 13.2 Å². The van der Waals surface area contributed by atoms with Gasteiger partial charge < -0.3 is 20.5 Å². The van der Waals surface area contributed by atoms with Crippen LogP contribution in [0.2, 0.25) is 0 Å². The number of benzene rings is 1. The van der Waals surface area contributed by atoms with E-state index in [0.29, 0.717) is 5.75 Å². The highest BCUT2D eigenvalue weighted by Crippen LogP contribution is 2.55. The number of hydrogen-bond acceptors (Lipinski definition) is 6. The predicted octanol–water partition coefficient (Wildman–Crippen LogP) is 1.43. The number of ether oxygens (including phenoxy) is 2. The molecular formula is C17H26N2O5S. The SMILES string of the molecule is COc1ccc([C@@H]2[C@H](S(C)(=O)=O)[C@@]2(CN)NC(=O)OC(C)(C)C)cc1. The van der Waals surface area contributed by atoms with Crippen molar-refractivity contribution in [3.05, 3.63) is 29.8 Å². The second-order valence-corrected chi connectivity index (χ2v) is 9.54. The van der Waals surface area contributed by atoms with E-state index in [9.17, 15) is 13.2 Å². The van der Waals surface area contributed by atoms with E-state index in [2.05, 4.69) is 5.32 Å². The molecule has 1 aromatic rings. The number of carbonyl (C=O) groups excluding carboxylic acids is 1. The van der Waals surface area contributed by atoms with Crippen LogP contribution in [0.5, 0.6) is 5.75 Å². The summed E-state index contributed by atoms with van der Waals surface area (Å²) in [4.78, 5) is 12.2. The highest BCUT2D eigenvalue weighted by atomic mass is 32.2. The number of methoxy groups -OCH3 is 1. The van der Waals surface area contributed by atoms with Crippen molar-refractivity contribution in [2.45, 2.75) is 43.1 Å². The van der Waals surface area contributed by atoms with Gasteiger partial charge in [-0.2, -0.15) is 0 Å². The van der Waals surface area contributed by atoms with Crippen molar-refractivity contribution < 1.29 is 22.7 Å². The molecule has 0 aliphatic heterocycles. The maximum atomic E-state index is 12.3. The highest BCUT2D eigenvalue weighted by molar-refractivity contribution is 7.91. The van der Waals surface area contributed by atoms with Gasteiger partial charge in [0.1, 0.15) is 11.4 Å². The average Bonchev–Trinajstić information content (AvgIpc) is 3.14. The Hall–Kier alpha value is -1.80. The minimum atomic E-state index is -3.43. The van der Waals surface area contributed by atoms with Crippen molar-refractivity contribution in [1.29, 1.82) is 0 Å². The Balaban J connectivity index is 2.34. The van der Waals surface area contributed by atoms with E-state index in [1.54, 1.807) is 52.1 Å². The summed E-state index contributed by atoms with van der Waals surface area (Å²) in [7, 11) is -1.88. The molecule has 3 atom stereocenters. The van der Waals surface area contributed by atoms with Crippen LogP contribution in [0.3, 0.4) is 0 Å². The number of hydrogen-bond donors (Lipinski definition) is 2. The zero-order chi connectivity index (χ0) is 19.0. The number of amides is 1. The molecular weight excluding hydrogens is 344 g/mol. The molecule has 0 saturated heterocycles. The van der Waals surface area contributed by atoms with Gasteiger partial charge in [-0.3, -0.25) is 0 Å². The average molecular weight is 370 g/mol. The topological polar surface area (TPSA) is 108 Å².